The van der Waals surface area contributed by atoms with E-state index in [1.54, 1.807) is 0 Å². The van der Waals surface area contributed by atoms with Crippen LogP contribution in [0.1, 0.15) is 24.0 Å². The van der Waals surface area contributed by atoms with Crippen LogP contribution in [0, 0.1) is 12.8 Å². The highest BCUT2D eigenvalue weighted by molar-refractivity contribution is 7.89. The number of carbonyl (C=O) groups excluding carboxylic acids is 1. The van der Waals surface area contributed by atoms with Crippen molar-refractivity contribution in [1.29, 1.82) is 0 Å². The number of sulfonamides is 1. The molecule has 0 atom stereocenters. The first kappa shape index (κ1) is 23.1. The molecule has 2 aromatic rings. The Morgan fingerprint density at radius 1 is 1.10 bits per heavy atom. The van der Waals surface area contributed by atoms with Gasteiger partial charge < -0.3 is 9.47 Å². The maximum atomic E-state index is 12.8. The molecule has 1 fully saturated rings. The van der Waals surface area contributed by atoms with Crippen molar-refractivity contribution in [3.05, 3.63) is 59.7 Å². The van der Waals surface area contributed by atoms with E-state index in [0.717, 1.165) is 27.6 Å². The van der Waals surface area contributed by atoms with Crippen molar-refractivity contribution >= 4 is 16.0 Å². The van der Waals surface area contributed by atoms with E-state index in [4.69, 9.17) is 4.74 Å². The summed E-state index contributed by atoms with van der Waals surface area (Å²) in [6, 6.07) is 11.8. The summed E-state index contributed by atoms with van der Waals surface area (Å²) in [6.07, 6.45) is -4.38. The molecule has 31 heavy (non-hydrogen) atoms. The summed E-state index contributed by atoms with van der Waals surface area (Å²) >= 11 is 0. The van der Waals surface area contributed by atoms with Gasteiger partial charge in [-0.05, 0) is 43.0 Å². The third-order valence-electron chi connectivity index (χ3n) is 5.10. The van der Waals surface area contributed by atoms with Gasteiger partial charge in [0.1, 0.15) is 12.4 Å². The zero-order chi connectivity index (χ0) is 22.6. The molecule has 0 radical (unpaired) electrons. The molecule has 0 amide bonds. The summed E-state index contributed by atoms with van der Waals surface area (Å²) in [4.78, 5) is 12.1. The van der Waals surface area contributed by atoms with Gasteiger partial charge in [-0.15, -0.1) is 13.2 Å². The molecule has 1 aliphatic rings. The number of rotatable bonds is 6. The molecule has 6 nitrogen and oxygen atoms in total. The highest BCUT2D eigenvalue weighted by Crippen LogP contribution is 2.29. The fourth-order valence-electron chi connectivity index (χ4n) is 3.35. The number of ether oxygens (including phenoxy) is 2. The Balaban J connectivity index is 1.59. The van der Waals surface area contributed by atoms with Crippen molar-refractivity contribution in [2.45, 2.75) is 37.6 Å². The van der Waals surface area contributed by atoms with E-state index in [0.29, 0.717) is 0 Å². The van der Waals surface area contributed by atoms with Crippen LogP contribution in [0.15, 0.2) is 53.4 Å². The van der Waals surface area contributed by atoms with Gasteiger partial charge in [0.15, 0.2) is 0 Å². The van der Waals surface area contributed by atoms with Gasteiger partial charge in [0.05, 0.1) is 10.8 Å². The third kappa shape index (κ3) is 5.98. The molecule has 0 N–H and O–H groups in total. The summed E-state index contributed by atoms with van der Waals surface area (Å²) in [6.45, 7) is 2.20. The number of halogens is 3. The maximum Gasteiger partial charge on any atom is 0.573 e. The van der Waals surface area contributed by atoms with Gasteiger partial charge in [0.25, 0.3) is 0 Å². The van der Waals surface area contributed by atoms with Crippen LogP contribution < -0.4 is 4.74 Å². The summed E-state index contributed by atoms with van der Waals surface area (Å²) in [5.41, 5.74) is 1.91. The van der Waals surface area contributed by atoms with Crippen molar-refractivity contribution in [2.75, 3.05) is 13.1 Å². The van der Waals surface area contributed by atoms with Crippen LogP contribution in [-0.2, 0) is 26.2 Å². The lowest BCUT2D eigenvalue weighted by atomic mass is 9.98. The van der Waals surface area contributed by atoms with Crippen LogP contribution in [0.2, 0.25) is 0 Å². The molecule has 1 heterocycles. The molecule has 3 rings (SSSR count). The van der Waals surface area contributed by atoms with Gasteiger partial charge in [-0.25, -0.2) is 8.42 Å². The first-order valence-electron chi connectivity index (χ1n) is 9.63. The first-order valence-corrected chi connectivity index (χ1v) is 11.1. The Morgan fingerprint density at radius 3 is 2.42 bits per heavy atom. The van der Waals surface area contributed by atoms with Gasteiger partial charge in [-0.3, -0.25) is 4.79 Å². The van der Waals surface area contributed by atoms with E-state index < -0.39 is 28.1 Å². The van der Waals surface area contributed by atoms with Crippen LogP contribution in [0.4, 0.5) is 13.2 Å². The second-order valence-electron chi connectivity index (χ2n) is 7.24. The second-order valence-corrected chi connectivity index (χ2v) is 9.17. The minimum Gasteiger partial charge on any atom is -0.461 e. The van der Waals surface area contributed by atoms with Crippen LogP contribution >= 0.6 is 0 Å². The first-order chi connectivity index (χ1) is 14.6. The lowest BCUT2D eigenvalue weighted by Crippen LogP contribution is -2.40. The minimum atomic E-state index is -4.92. The lowest BCUT2D eigenvalue weighted by molar-refractivity contribution is -0.274. The molecule has 0 saturated carbocycles. The fraction of sp³-hybridized carbons (Fsp3) is 0.381. The SMILES string of the molecule is Cc1ccccc1COC(=O)C1CCN(S(=O)(=O)c2cccc(OC(F)(F)F)c2)CC1. The summed E-state index contributed by atoms with van der Waals surface area (Å²) in [5.74, 6) is -1.43. The maximum absolute atomic E-state index is 12.8. The van der Waals surface area contributed by atoms with Crippen LogP contribution in [-0.4, -0.2) is 38.1 Å². The number of hydrogen-bond acceptors (Lipinski definition) is 5. The number of alkyl halides is 3. The van der Waals surface area contributed by atoms with Gasteiger partial charge in [0, 0.05) is 19.2 Å². The molecule has 168 valence electrons. The van der Waals surface area contributed by atoms with Gasteiger partial charge in [-0.2, -0.15) is 4.31 Å². The highest BCUT2D eigenvalue weighted by atomic mass is 32.2. The van der Waals surface area contributed by atoms with E-state index in [1.165, 1.54) is 12.1 Å². The molecule has 1 saturated heterocycles. The number of benzene rings is 2. The second kappa shape index (κ2) is 9.27. The molecular weight excluding hydrogens is 435 g/mol. The molecule has 0 bridgehead atoms. The Kier molecular flexibility index (Phi) is 6.90. The quantitative estimate of drug-likeness (QED) is 0.613. The lowest BCUT2D eigenvalue weighted by Gasteiger charge is -2.30. The minimum absolute atomic E-state index is 0.0663. The monoisotopic (exact) mass is 457 g/mol. The van der Waals surface area contributed by atoms with Gasteiger partial charge >= 0.3 is 12.3 Å². The van der Waals surface area contributed by atoms with E-state index >= 15 is 0 Å². The number of nitrogens with zero attached hydrogens (tertiary/aromatic N) is 1. The van der Waals surface area contributed by atoms with Crippen LogP contribution in [0.3, 0.4) is 0 Å². The Bertz CT molecular complexity index is 1030. The Morgan fingerprint density at radius 2 is 1.77 bits per heavy atom. The number of hydrogen-bond donors (Lipinski definition) is 0. The van der Waals surface area contributed by atoms with Crippen molar-refractivity contribution in [2.24, 2.45) is 5.92 Å². The predicted octanol–water partition coefficient (Wildman–Crippen LogP) is 4.04. The number of aryl methyl sites for hydroxylation is 1. The molecule has 0 unspecified atom stereocenters. The Labute approximate surface area is 178 Å². The van der Waals surface area contributed by atoms with Crippen molar-refractivity contribution < 1.29 is 35.9 Å². The van der Waals surface area contributed by atoms with Crippen LogP contribution in [0.5, 0.6) is 5.75 Å². The predicted molar refractivity (Wildman–Crippen MR) is 106 cm³/mol. The molecule has 0 spiro atoms. The molecule has 1 aliphatic heterocycles. The third-order valence-corrected chi connectivity index (χ3v) is 6.99. The summed E-state index contributed by atoms with van der Waals surface area (Å²) < 4.78 is 73.2. The van der Waals surface area contributed by atoms with Crippen LogP contribution in [0.25, 0.3) is 0 Å². The van der Waals surface area contributed by atoms with Crippen molar-refractivity contribution in [1.82, 2.24) is 4.31 Å². The topological polar surface area (TPSA) is 72.9 Å². The average molecular weight is 457 g/mol. The van der Waals surface area contributed by atoms with E-state index in [1.807, 2.05) is 31.2 Å². The van der Waals surface area contributed by atoms with Gasteiger partial charge in [-0.1, -0.05) is 30.3 Å². The van der Waals surface area contributed by atoms with E-state index in [2.05, 4.69) is 4.74 Å². The average Bonchev–Trinajstić information content (AvgIpc) is 2.72. The summed E-state index contributed by atoms with van der Waals surface area (Å²) in [7, 11) is -4.02. The fourth-order valence-corrected chi connectivity index (χ4v) is 4.86. The molecule has 0 aromatic heterocycles. The number of esters is 1. The zero-order valence-electron chi connectivity index (χ0n) is 16.8. The standard InChI is InChI=1S/C21H22F3NO5S/c1-15-5-2-3-6-17(15)14-29-20(26)16-9-11-25(12-10-16)31(27,28)19-8-4-7-18(13-19)30-21(22,23)24/h2-8,13,16H,9-12,14H2,1H3. The molecular formula is C21H22F3NO5S. The zero-order valence-corrected chi connectivity index (χ0v) is 17.6. The molecule has 0 aliphatic carbocycles. The van der Waals surface area contributed by atoms with Crippen molar-refractivity contribution in [3.63, 3.8) is 0 Å². The van der Waals surface area contributed by atoms with E-state index in [9.17, 15) is 26.4 Å². The Hall–Kier alpha value is -2.59. The smallest absolute Gasteiger partial charge is 0.461 e. The normalized spacial score (nSPS) is 16.1. The molecule has 2 aromatic carbocycles. The number of carbonyl (C=O) groups is 1. The van der Waals surface area contributed by atoms with Gasteiger partial charge in [0.2, 0.25) is 10.0 Å². The highest BCUT2D eigenvalue weighted by Gasteiger charge is 2.34. The van der Waals surface area contributed by atoms with Crippen molar-refractivity contribution in [3.8, 4) is 5.75 Å². The molecule has 10 heteroatoms. The van der Waals surface area contributed by atoms with E-state index in [-0.39, 0.29) is 43.4 Å². The summed E-state index contributed by atoms with van der Waals surface area (Å²) in [5, 5.41) is 0. The largest absolute Gasteiger partial charge is 0.573 e. The number of piperidine rings is 1.